The molecule has 0 saturated carbocycles. The average molecular weight is 341 g/mol. The Balaban J connectivity index is 1.46. The van der Waals surface area contributed by atoms with Crippen LogP contribution in [-0.4, -0.2) is 37.6 Å². The van der Waals surface area contributed by atoms with Crippen molar-refractivity contribution in [1.82, 2.24) is 24.4 Å². The molecular weight excluding hydrogens is 322 g/mol. The summed E-state index contributed by atoms with van der Waals surface area (Å²) >= 11 is 1.70. The van der Waals surface area contributed by atoms with Gasteiger partial charge in [-0.05, 0) is 12.1 Å². The summed E-state index contributed by atoms with van der Waals surface area (Å²) in [7, 11) is 0. The van der Waals surface area contributed by atoms with Crippen LogP contribution >= 0.6 is 11.3 Å². The highest BCUT2D eigenvalue weighted by Gasteiger charge is 2.23. The first-order valence-electron chi connectivity index (χ1n) is 8.00. The summed E-state index contributed by atoms with van der Waals surface area (Å²) in [6.07, 6.45) is 9.31. The zero-order chi connectivity index (χ0) is 16.2. The number of hydrogen-bond donors (Lipinski definition) is 0. The van der Waals surface area contributed by atoms with Crippen LogP contribution in [-0.2, 0) is 19.6 Å². The van der Waals surface area contributed by atoms with Gasteiger partial charge in [0.1, 0.15) is 16.6 Å². The summed E-state index contributed by atoms with van der Waals surface area (Å²) < 4.78 is 8.18. The van der Waals surface area contributed by atoms with E-state index < -0.39 is 0 Å². The summed E-state index contributed by atoms with van der Waals surface area (Å²) in [6.45, 7) is 4.24. The number of rotatable bonds is 5. The Kier molecular flexibility index (Phi) is 4.53. The monoisotopic (exact) mass is 341 g/mol. The molecule has 0 bridgehead atoms. The highest BCUT2D eigenvalue weighted by molar-refractivity contribution is 7.09. The van der Waals surface area contributed by atoms with E-state index in [4.69, 9.17) is 4.74 Å². The molecule has 1 aliphatic heterocycles. The number of ether oxygens (including phenoxy) is 1. The van der Waals surface area contributed by atoms with E-state index in [0.717, 1.165) is 42.8 Å². The SMILES string of the molecule is c1cncc(OC[C@@H]2CN(Cc3nccs3)Cc3nccn3C2)c1. The van der Waals surface area contributed by atoms with Gasteiger partial charge in [-0.25, -0.2) is 9.97 Å². The van der Waals surface area contributed by atoms with E-state index >= 15 is 0 Å². The van der Waals surface area contributed by atoms with E-state index in [9.17, 15) is 0 Å². The van der Waals surface area contributed by atoms with Crippen molar-refractivity contribution in [3.8, 4) is 5.75 Å². The highest BCUT2D eigenvalue weighted by atomic mass is 32.1. The van der Waals surface area contributed by atoms with Gasteiger partial charge < -0.3 is 9.30 Å². The Morgan fingerprint density at radius 3 is 3.04 bits per heavy atom. The Morgan fingerprint density at radius 2 is 2.21 bits per heavy atom. The van der Waals surface area contributed by atoms with Crippen LogP contribution in [0.5, 0.6) is 5.75 Å². The molecule has 124 valence electrons. The first-order chi connectivity index (χ1) is 11.9. The van der Waals surface area contributed by atoms with E-state index in [1.54, 1.807) is 23.7 Å². The molecule has 3 aromatic rings. The van der Waals surface area contributed by atoms with Crippen LogP contribution in [0.2, 0.25) is 0 Å². The molecule has 7 heteroatoms. The third-order valence-corrected chi connectivity index (χ3v) is 4.86. The lowest BCUT2D eigenvalue weighted by atomic mass is 10.1. The first kappa shape index (κ1) is 15.3. The second-order valence-electron chi connectivity index (χ2n) is 5.96. The smallest absolute Gasteiger partial charge is 0.137 e. The van der Waals surface area contributed by atoms with Crippen LogP contribution in [0.15, 0.2) is 48.5 Å². The van der Waals surface area contributed by atoms with Crippen LogP contribution in [0.25, 0.3) is 0 Å². The summed E-state index contributed by atoms with van der Waals surface area (Å²) in [5, 5.41) is 3.17. The molecule has 4 rings (SSSR count). The predicted molar refractivity (Wildman–Crippen MR) is 91.7 cm³/mol. The topological polar surface area (TPSA) is 56.1 Å². The third kappa shape index (κ3) is 3.63. The minimum absolute atomic E-state index is 0.389. The molecule has 0 saturated heterocycles. The lowest BCUT2D eigenvalue weighted by Gasteiger charge is -2.23. The predicted octanol–water partition coefficient (Wildman–Crippen LogP) is 2.45. The fourth-order valence-electron chi connectivity index (χ4n) is 3.02. The maximum Gasteiger partial charge on any atom is 0.137 e. The number of nitrogens with zero attached hydrogens (tertiary/aromatic N) is 5. The van der Waals surface area contributed by atoms with E-state index in [0.29, 0.717) is 12.5 Å². The average Bonchev–Trinajstić information content (AvgIpc) is 3.23. The maximum absolute atomic E-state index is 5.94. The number of pyridine rings is 1. The normalized spacial score (nSPS) is 18.1. The standard InChI is InChI=1S/C17H19N5OS/c1-2-15(8-18-3-1)23-13-14-9-21(12-17-20-5-7-24-17)11-16-19-4-6-22(16)10-14/h1-8,14H,9-13H2/t14-/m1/s1. The summed E-state index contributed by atoms with van der Waals surface area (Å²) in [6, 6.07) is 3.84. The fourth-order valence-corrected chi connectivity index (χ4v) is 3.68. The second-order valence-corrected chi connectivity index (χ2v) is 6.94. The van der Waals surface area contributed by atoms with Crippen LogP contribution in [0.4, 0.5) is 0 Å². The molecular formula is C17H19N5OS. The van der Waals surface area contributed by atoms with Gasteiger partial charge in [-0.15, -0.1) is 11.3 Å². The van der Waals surface area contributed by atoms with Gasteiger partial charge in [0.25, 0.3) is 0 Å². The number of imidazole rings is 1. The Labute approximate surface area is 144 Å². The molecule has 0 unspecified atom stereocenters. The van der Waals surface area contributed by atoms with Gasteiger partial charge in [-0.3, -0.25) is 9.88 Å². The largest absolute Gasteiger partial charge is 0.492 e. The third-order valence-electron chi connectivity index (χ3n) is 4.10. The Bertz CT molecular complexity index is 758. The van der Waals surface area contributed by atoms with Crippen molar-refractivity contribution in [1.29, 1.82) is 0 Å². The molecule has 0 N–H and O–H groups in total. The molecule has 24 heavy (non-hydrogen) atoms. The van der Waals surface area contributed by atoms with Gasteiger partial charge in [-0.1, -0.05) is 0 Å². The van der Waals surface area contributed by atoms with Crippen LogP contribution < -0.4 is 4.74 Å². The molecule has 3 aromatic heterocycles. The van der Waals surface area contributed by atoms with Gasteiger partial charge in [-0.2, -0.15) is 0 Å². The minimum atomic E-state index is 0.389. The number of thiazole rings is 1. The molecule has 0 radical (unpaired) electrons. The molecule has 0 amide bonds. The number of hydrogen-bond acceptors (Lipinski definition) is 6. The molecule has 0 fully saturated rings. The van der Waals surface area contributed by atoms with Gasteiger partial charge >= 0.3 is 0 Å². The van der Waals surface area contributed by atoms with Crippen molar-refractivity contribution in [3.05, 3.63) is 59.3 Å². The van der Waals surface area contributed by atoms with Crippen LogP contribution in [0.1, 0.15) is 10.8 Å². The highest BCUT2D eigenvalue weighted by Crippen LogP contribution is 2.19. The lowest BCUT2D eigenvalue weighted by molar-refractivity contribution is 0.167. The van der Waals surface area contributed by atoms with Gasteiger partial charge in [0.15, 0.2) is 0 Å². The van der Waals surface area contributed by atoms with E-state index in [2.05, 4.69) is 30.6 Å². The summed E-state index contributed by atoms with van der Waals surface area (Å²) in [5.74, 6) is 2.31. The van der Waals surface area contributed by atoms with Crippen molar-refractivity contribution in [2.75, 3.05) is 13.2 Å². The zero-order valence-electron chi connectivity index (χ0n) is 13.3. The second kappa shape index (κ2) is 7.11. The Morgan fingerprint density at radius 1 is 1.21 bits per heavy atom. The quantitative estimate of drug-likeness (QED) is 0.713. The van der Waals surface area contributed by atoms with Crippen LogP contribution in [0.3, 0.4) is 0 Å². The molecule has 0 aliphatic carbocycles. The van der Waals surface area contributed by atoms with Crippen molar-refractivity contribution in [2.24, 2.45) is 5.92 Å². The van der Waals surface area contributed by atoms with Crippen molar-refractivity contribution >= 4 is 11.3 Å². The van der Waals surface area contributed by atoms with Crippen LogP contribution in [0, 0.1) is 5.92 Å². The molecule has 6 nitrogen and oxygen atoms in total. The molecule has 0 aromatic carbocycles. The first-order valence-corrected chi connectivity index (χ1v) is 8.88. The van der Waals surface area contributed by atoms with Gasteiger partial charge in [0.2, 0.25) is 0 Å². The Hall–Kier alpha value is -2.25. The number of aromatic nitrogens is 4. The van der Waals surface area contributed by atoms with Crippen molar-refractivity contribution < 1.29 is 4.74 Å². The van der Waals surface area contributed by atoms with Crippen molar-refractivity contribution in [2.45, 2.75) is 19.6 Å². The molecule has 1 aliphatic rings. The van der Waals surface area contributed by atoms with E-state index in [1.165, 1.54) is 0 Å². The van der Waals surface area contributed by atoms with Crippen molar-refractivity contribution in [3.63, 3.8) is 0 Å². The van der Waals surface area contributed by atoms with E-state index in [-0.39, 0.29) is 0 Å². The number of fused-ring (bicyclic) bond motifs is 1. The molecule has 4 heterocycles. The fraction of sp³-hybridized carbons (Fsp3) is 0.353. The minimum Gasteiger partial charge on any atom is -0.492 e. The summed E-state index contributed by atoms with van der Waals surface area (Å²) in [4.78, 5) is 15.4. The van der Waals surface area contributed by atoms with Gasteiger partial charge in [0, 0.05) is 49.2 Å². The molecule has 1 atom stereocenters. The molecule has 0 spiro atoms. The lowest BCUT2D eigenvalue weighted by Crippen LogP contribution is -2.30. The zero-order valence-corrected chi connectivity index (χ0v) is 14.1. The van der Waals surface area contributed by atoms with Gasteiger partial charge in [0.05, 0.1) is 25.9 Å². The summed E-state index contributed by atoms with van der Waals surface area (Å²) in [5.41, 5.74) is 0. The van der Waals surface area contributed by atoms with E-state index in [1.807, 2.05) is 29.9 Å². The maximum atomic E-state index is 5.94.